The number of hydrogen-bond acceptors (Lipinski definition) is 7. The molecule has 0 spiro atoms. The van der Waals surface area contributed by atoms with Crippen LogP contribution in [0.25, 0.3) is 0 Å². The van der Waals surface area contributed by atoms with Crippen molar-refractivity contribution in [3.05, 3.63) is 58.3 Å². The van der Waals surface area contributed by atoms with Gasteiger partial charge in [0.2, 0.25) is 16.9 Å². The molecule has 1 saturated heterocycles. The first-order valence-corrected chi connectivity index (χ1v) is 14.9. The lowest BCUT2D eigenvalue weighted by atomic mass is 9.83. The van der Waals surface area contributed by atoms with E-state index in [0.717, 1.165) is 62.9 Å². The van der Waals surface area contributed by atoms with Gasteiger partial charge in [-0.25, -0.2) is 0 Å². The quantitative estimate of drug-likeness (QED) is 0.304. The molecule has 1 aromatic carbocycles. The summed E-state index contributed by atoms with van der Waals surface area (Å²) in [5.74, 6) is 1.15. The van der Waals surface area contributed by atoms with E-state index in [-0.39, 0.29) is 11.8 Å². The number of thioether (sulfide) groups is 1. The number of benzene rings is 1. The van der Waals surface area contributed by atoms with Gasteiger partial charge in [-0.15, -0.1) is 21.5 Å². The molecule has 1 saturated carbocycles. The third-order valence-corrected chi connectivity index (χ3v) is 10.2. The average molecular weight is 527 g/mol. The molecule has 2 aliphatic rings. The van der Waals surface area contributed by atoms with Gasteiger partial charge in [0.15, 0.2) is 4.34 Å². The molecular formula is C26H30N4O2S3. The number of thiophene rings is 1. The van der Waals surface area contributed by atoms with Crippen LogP contribution in [0.2, 0.25) is 0 Å². The Morgan fingerprint density at radius 1 is 1.06 bits per heavy atom. The van der Waals surface area contributed by atoms with E-state index in [1.54, 1.807) is 11.3 Å². The summed E-state index contributed by atoms with van der Waals surface area (Å²) in [4.78, 5) is 29.1. The molecule has 3 heterocycles. The molecule has 5 rings (SSSR count). The van der Waals surface area contributed by atoms with Gasteiger partial charge in [-0.2, -0.15) is 0 Å². The Balaban J connectivity index is 1.09. The number of aromatic nitrogens is 2. The van der Waals surface area contributed by atoms with Gasteiger partial charge >= 0.3 is 0 Å². The minimum Gasteiger partial charge on any atom is -0.342 e. The van der Waals surface area contributed by atoms with E-state index in [1.165, 1.54) is 28.7 Å². The molecule has 0 atom stereocenters. The van der Waals surface area contributed by atoms with Gasteiger partial charge in [0.05, 0.1) is 11.2 Å². The lowest BCUT2D eigenvalue weighted by Gasteiger charge is -2.32. The van der Waals surface area contributed by atoms with Gasteiger partial charge in [0.1, 0.15) is 0 Å². The molecule has 0 radical (unpaired) electrons. The zero-order valence-corrected chi connectivity index (χ0v) is 22.1. The number of carbonyl (C=O) groups excluding carboxylic acids is 2. The van der Waals surface area contributed by atoms with E-state index < -0.39 is 5.41 Å². The van der Waals surface area contributed by atoms with E-state index >= 15 is 0 Å². The highest BCUT2D eigenvalue weighted by molar-refractivity contribution is 8.01. The molecule has 1 aliphatic heterocycles. The topological polar surface area (TPSA) is 75.2 Å². The zero-order chi connectivity index (χ0) is 24.1. The van der Waals surface area contributed by atoms with Crippen LogP contribution in [-0.4, -0.2) is 45.8 Å². The number of hydrogen-bond donors (Lipinski definition) is 1. The molecule has 184 valence electrons. The van der Waals surface area contributed by atoms with Gasteiger partial charge in [0.25, 0.3) is 0 Å². The first-order valence-electron chi connectivity index (χ1n) is 12.3. The number of anilines is 1. The lowest BCUT2D eigenvalue weighted by molar-refractivity contribution is -0.129. The highest BCUT2D eigenvalue weighted by Crippen LogP contribution is 2.44. The number of piperidine rings is 1. The summed E-state index contributed by atoms with van der Waals surface area (Å²) >= 11 is 4.40. The predicted octanol–water partition coefficient (Wildman–Crippen LogP) is 5.62. The van der Waals surface area contributed by atoms with E-state index in [0.29, 0.717) is 21.1 Å². The van der Waals surface area contributed by atoms with Crippen LogP contribution in [0.4, 0.5) is 5.13 Å². The Bertz CT molecular complexity index is 1120. The molecule has 9 heteroatoms. The molecule has 1 N–H and O–H groups in total. The smallest absolute Gasteiger partial charge is 0.237 e. The summed E-state index contributed by atoms with van der Waals surface area (Å²) in [5, 5.41) is 13.9. The van der Waals surface area contributed by atoms with Crippen molar-refractivity contribution in [3.63, 3.8) is 0 Å². The monoisotopic (exact) mass is 526 g/mol. The number of nitrogens with zero attached hydrogens (tertiary/aromatic N) is 3. The Morgan fingerprint density at radius 3 is 2.54 bits per heavy atom. The van der Waals surface area contributed by atoms with Crippen molar-refractivity contribution in [3.8, 4) is 0 Å². The minimum absolute atomic E-state index is 0.0135. The summed E-state index contributed by atoms with van der Waals surface area (Å²) in [6, 6.07) is 14.7. The Kier molecular flexibility index (Phi) is 7.84. The summed E-state index contributed by atoms with van der Waals surface area (Å²) < 4.78 is 0.712. The fourth-order valence-corrected chi connectivity index (χ4v) is 7.83. The van der Waals surface area contributed by atoms with Gasteiger partial charge < -0.3 is 4.90 Å². The van der Waals surface area contributed by atoms with Crippen molar-refractivity contribution in [2.24, 2.45) is 5.92 Å². The first kappa shape index (κ1) is 24.5. The van der Waals surface area contributed by atoms with Crippen LogP contribution in [0.5, 0.6) is 0 Å². The number of likely N-dealkylation sites (tertiary alicyclic amines) is 1. The first-order chi connectivity index (χ1) is 17.1. The van der Waals surface area contributed by atoms with Crippen LogP contribution < -0.4 is 5.32 Å². The van der Waals surface area contributed by atoms with Crippen LogP contribution in [0.15, 0.2) is 52.2 Å². The molecule has 1 aliphatic carbocycles. The van der Waals surface area contributed by atoms with E-state index in [1.807, 2.05) is 16.3 Å². The largest absolute Gasteiger partial charge is 0.342 e. The zero-order valence-electron chi connectivity index (χ0n) is 19.7. The number of carbonyl (C=O) groups is 2. The maximum Gasteiger partial charge on any atom is 0.237 e. The van der Waals surface area contributed by atoms with Gasteiger partial charge in [-0.1, -0.05) is 72.3 Å². The number of nitrogens with one attached hydrogen (secondary N) is 1. The second-order valence-corrected chi connectivity index (χ2v) is 12.5. The maximum absolute atomic E-state index is 13.2. The molecule has 0 bridgehead atoms. The summed E-state index contributed by atoms with van der Waals surface area (Å²) in [6.45, 7) is 1.64. The summed E-state index contributed by atoms with van der Waals surface area (Å²) in [7, 11) is 0. The maximum atomic E-state index is 13.2. The Hall–Kier alpha value is -2.23. The van der Waals surface area contributed by atoms with Crippen LogP contribution in [0, 0.1) is 5.92 Å². The van der Waals surface area contributed by atoms with E-state index in [9.17, 15) is 9.59 Å². The van der Waals surface area contributed by atoms with Crippen LogP contribution in [-0.2, 0) is 21.4 Å². The standard InChI is InChI=1S/C26H30N4O2S3/c31-22(30-14-10-20(11-15-30)17-19-7-2-1-3-8-19)18-34-25-29-28-24(35-25)27-23(32)26(12-4-5-13-26)21-9-6-16-33-21/h1-3,6-9,16,20H,4-5,10-15,17-18H2,(H,27,28,32). The molecule has 2 amide bonds. The normalized spacial score (nSPS) is 18.0. The van der Waals surface area contributed by atoms with Crippen molar-refractivity contribution in [2.75, 3.05) is 24.2 Å². The fourth-order valence-electron chi connectivity index (χ4n) is 5.20. The average Bonchev–Trinajstić information content (AvgIpc) is 3.66. The van der Waals surface area contributed by atoms with Gasteiger partial charge in [0, 0.05) is 18.0 Å². The van der Waals surface area contributed by atoms with Crippen molar-refractivity contribution >= 4 is 51.4 Å². The van der Waals surface area contributed by atoms with Crippen LogP contribution in [0.1, 0.15) is 49.0 Å². The second kappa shape index (κ2) is 11.2. The molecule has 0 unspecified atom stereocenters. The van der Waals surface area contributed by atoms with E-state index in [4.69, 9.17) is 0 Å². The van der Waals surface area contributed by atoms with Crippen molar-refractivity contribution in [2.45, 2.75) is 54.7 Å². The molecule has 2 aromatic heterocycles. The van der Waals surface area contributed by atoms with E-state index in [2.05, 4.69) is 51.9 Å². The number of amides is 2. The van der Waals surface area contributed by atoms with Crippen molar-refractivity contribution in [1.82, 2.24) is 15.1 Å². The van der Waals surface area contributed by atoms with Crippen LogP contribution >= 0.6 is 34.4 Å². The SMILES string of the molecule is O=C(CSc1nnc(NC(=O)C2(c3cccs3)CCCC2)s1)N1CCC(Cc2ccccc2)CC1. The molecule has 35 heavy (non-hydrogen) atoms. The third-order valence-electron chi connectivity index (χ3n) is 7.17. The molecule has 2 fully saturated rings. The summed E-state index contributed by atoms with van der Waals surface area (Å²) in [5.41, 5.74) is 0.927. The molecule has 6 nitrogen and oxygen atoms in total. The Labute approximate surface area is 218 Å². The Morgan fingerprint density at radius 2 is 1.83 bits per heavy atom. The van der Waals surface area contributed by atoms with Gasteiger partial charge in [-0.05, 0) is 55.0 Å². The predicted molar refractivity (Wildman–Crippen MR) is 143 cm³/mol. The second-order valence-electron chi connectivity index (χ2n) is 9.40. The number of rotatable bonds is 8. The summed E-state index contributed by atoms with van der Waals surface area (Å²) in [6.07, 6.45) is 7.05. The van der Waals surface area contributed by atoms with Gasteiger partial charge in [-0.3, -0.25) is 14.9 Å². The van der Waals surface area contributed by atoms with Crippen LogP contribution in [0.3, 0.4) is 0 Å². The van der Waals surface area contributed by atoms with Crippen molar-refractivity contribution in [1.29, 1.82) is 0 Å². The highest BCUT2D eigenvalue weighted by atomic mass is 32.2. The third kappa shape index (κ3) is 5.78. The minimum atomic E-state index is -0.449. The fraction of sp³-hybridized carbons (Fsp3) is 0.462. The highest BCUT2D eigenvalue weighted by Gasteiger charge is 2.43. The molecular weight excluding hydrogens is 497 g/mol. The molecule has 3 aromatic rings. The van der Waals surface area contributed by atoms with Crippen molar-refractivity contribution < 1.29 is 9.59 Å². The lowest BCUT2D eigenvalue weighted by Crippen LogP contribution is -2.39.